The van der Waals surface area contributed by atoms with Crippen LogP contribution in [0.15, 0.2) is 75.8 Å². The molecule has 5 rings (SSSR count). The third-order valence-corrected chi connectivity index (χ3v) is 6.01. The quantitative estimate of drug-likeness (QED) is 0.451. The first-order valence-electron chi connectivity index (χ1n) is 10.5. The predicted molar refractivity (Wildman–Crippen MR) is 120 cm³/mol. The van der Waals surface area contributed by atoms with Crippen LogP contribution in [-0.2, 0) is 4.79 Å². The van der Waals surface area contributed by atoms with E-state index in [0.717, 1.165) is 11.8 Å². The first-order chi connectivity index (χ1) is 14.9. The fraction of sp³-hybridized carbons (Fsp3) is 0.280. The van der Waals surface area contributed by atoms with Crippen molar-refractivity contribution in [1.29, 1.82) is 0 Å². The second-order valence-corrected chi connectivity index (χ2v) is 8.52. The van der Waals surface area contributed by atoms with Gasteiger partial charge in [-0.3, -0.25) is 4.79 Å². The molecule has 0 unspecified atom stereocenters. The lowest BCUT2D eigenvalue weighted by Crippen LogP contribution is -2.42. The van der Waals surface area contributed by atoms with Gasteiger partial charge in [0.1, 0.15) is 11.3 Å². The van der Waals surface area contributed by atoms with Crippen LogP contribution < -0.4 is 21.0 Å². The minimum absolute atomic E-state index is 0.159. The molecule has 2 aromatic rings. The van der Waals surface area contributed by atoms with Gasteiger partial charge in [-0.05, 0) is 50.2 Å². The molecule has 2 aliphatic heterocycles. The van der Waals surface area contributed by atoms with Gasteiger partial charge in [0.05, 0.1) is 17.2 Å². The van der Waals surface area contributed by atoms with E-state index in [4.69, 9.17) is 9.15 Å². The van der Waals surface area contributed by atoms with Crippen molar-refractivity contribution in [1.82, 2.24) is 10.6 Å². The van der Waals surface area contributed by atoms with Crippen LogP contribution in [0.4, 0.5) is 0 Å². The minimum Gasteiger partial charge on any atom is -0.479 e. The molecule has 1 aliphatic carbocycles. The highest BCUT2D eigenvalue weighted by atomic mass is 16.5. The average Bonchev–Trinajstić information content (AvgIpc) is 3.16. The molecule has 3 heterocycles. The molecule has 2 N–H and O–H groups in total. The number of nitrogens with one attached hydrogen (secondary N) is 2. The third-order valence-electron chi connectivity index (χ3n) is 6.01. The molecular weight excluding hydrogens is 392 g/mol. The zero-order chi connectivity index (χ0) is 21.6. The first-order valence-corrected chi connectivity index (χ1v) is 10.5. The van der Waals surface area contributed by atoms with Gasteiger partial charge >= 0.3 is 5.63 Å². The highest BCUT2D eigenvalue weighted by molar-refractivity contribution is 6.28. The zero-order valence-electron chi connectivity index (χ0n) is 17.5. The van der Waals surface area contributed by atoms with E-state index in [-0.39, 0.29) is 5.78 Å². The lowest BCUT2D eigenvalue weighted by atomic mass is 9.87. The second-order valence-electron chi connectivity index (χ2n) is 8.52. The summed E-state index contributed by atoms with van der Waals surface area (Å²) >= 11 is 0. The van der Waals surface area contributed by atoms with Crippen LogP contribution >= 0.6 is 0 Å². The van der Waals surface area contributed by atoms with Crippen molar-refractivity contribution in [2.45, 2.75) is 31.9 Å². The van der Waals surface area contributed by atoms with E-state index in [0.29, 0.717) is 41.0 Å². The minimum atomic E-state index is -1.01. The highest BCUT2D eigenvalue weighted by Gasteiger charge is 2.40. The summed E-state index contributed by atoms with van der Waals surface area (Å²) in [5, 5.41) is 7.44. The van der Waals surface area contributed by atoms with E-state index in [1.807, 2.05) is 12.1 Å². The monoisotopic (exact) mass is 416 g/mol. The van der Waals surface area contributed by atoms with Crippen molar-refractivity contribution < 1.29 is 13.9 Å². The third kappa shape index (κ3) is 3.38. The maximum Gasteiger partial charge on any atom is 0.336 e. The maximum atomic E-state index is 13.2. The van der Waals surface area contributed by atoms with E-state index < -0.39 is 11.2 Å². The second kappa shape index (κ2) is 7.30. The van der Waals surface area contributed by atoms with E-state index in [1.54, 1.807) is 26.1 Å². The molecular formula is C25H24N2O4. The molecule has 2 atom stereocenters. The molecule has 0 fully saturated rings. The van der Waals surface area contributed by atoms with Crippen LogP contribution in [-0.4, -0.2) is 24.0 Å². The molecule has 0 saturated carbocycles. The van der Waals surface area contributed by atoms with Crippen molar-refractivity contribution >= 4 is 22.3 Å². The number of carbonyl (C=O) groups is 1. The molecule has 6 nitrogen and oxygen atoms in total. The number of ketones is 1. The number of benzene rings is 1. The summed E-state index contributed by atoms with van der Waals surface area (Å²) in [6.07, 6.45) is 13.2. The molecule has 0 spiro atoms. The Labute approximate surface area is 180 Å². The van der Waals surface area contributed by atoms with Crippen molar-refractivity contribution in [2.24, 2.45) is 5.92 Å². The van der Waals surface area contributed by atoms with Crippen LogP contribution in [0.25, 0.3) is 16.5 Å². The maximum absolute atomic E-state index is 13.2. The van der Waals surface area contributed by atoms with Gasteiger partial charge in [-0.25, -0.2) is 4.79 Å². The Morgan fingerprint density at radius 3 is 2.81 bits per heavy atom. The smallest absolute Gasteiger partial charge is 0.336 e. The molecule has 0 bridgehead atoms. The number of fused-ring (bicyclic) bond motifs is 4. The number of Topliss-reactive ketones (excluding diaryl/α,β-unsaturated/α-hetero) is 1. The molecule has 31 heavy (non-hydrogen) atoms. The zero-order valence-corrected chi connectivity index (χ0v) is 17.5. The average molecular weight is 416 g/mol. The fourth-order valence-corrected chi connectivity index (χ4v) is 4.40. The molecule has 1 aromatic carbocycles. The van der Waals surface area contributed by atoms with Gasteiger partial charge in [-0.15, -0.1) is 0 Å². The lowest BCUT2D eigenvalue weighted by molar-refractivity contribution is -0.126. The molecule has 0 saturated heterocycles. The van der Waals surface area contributed by atoms with E-state index in [1.165, 1.54) is 11.6 Å². The lowest BCUT2D eigenvalue weighted by Gasteiger charge is -2.32. The Kier molecular flexibility index (Phi) is 4.58. The van der Waals surface area contributed by atoms with Crippen LogP contribution in [0.1, 0.15) is 25.8 Å². The number of hydrogen-bond donors (Lipinski definition) is 2. The van der Waals surface area contributed by atoms with Crippen molar-refractivity contribution in [3.05, 3.63) is 82.5 Å². The van der Waals surface area contributed by atoms with Crippen molar-refractivity contribution in [2.75, 3.05) is 6.54 Å². The summed E-state index contributed by atoms with van der Waals surface area (Å²) in [6.45, 7) is 4.17. The molecule has 0 radical (unpaired) electrons. The molecule has 0 amide bonds. The Morgan fingerprint density at radius 1 is 1.13 bits per heavy atom. The van der Waals surface area contributed by atoms with Gasteiger partial charge in [-0.1, -0.05) is 24.3 Å². The van der Waals surface area contributed by atoms with Gasteiger partial charge in [0.2, 0.25) is 5.78 Å². The molecule has 158 valence electrons. The number of rotatable bonds is 4. The van der Waals surface area contributed by atoms with Crippen molar-refractivity contribution in [3.63, 3.8) is 0 Å². The topological polar surface area (TPSA) is 80.6 Å². The Morgan fingerprint density at radius 2 is 1.94 bits per heavy atom. The standard InChI is InChI=1S/C25H24N2O4/c1-25(2)24(29)18(14-26-12-11-16-13-27-19-6-4-3-5-17(16)19)22-20(31-25)9-7-15-8-10-21(28)30-23(15)22/h3-10,13-14,17,19,26-27H,11-12H2,1-2H3/b18-14-/t17-,19+/m0/s1. The van der Waals surface area contributed by atoms with Crippen molar-refractivity contribution in [3.8, 4) is 5.75 Å². The van der Waals surface area contributed by atoms with Gasteiger partial charge in [0.25, 0.3) is 0 Å². The Balaban J connectivity index is 1.43. The fourth-order valence-electron chi connectivity index (χ4n) is 4.40. The summed E-state index contributed by atoms with van der Waals surface area (Å²) in [4.78, 5) is 25.0. The Hall–Kier alpha value is -3.54. The normalized spacial score (nSPS) is 24.4. The number of allylic oxidation sites excluding steroid dienone is 2. The van der Waals surface area contributed by atoms with Crippen LogP contribution in [0, 0.1) is 5.92 Å². The van der Waals surface area contributed by atoms with Crippen LogP contribution in [0.2, 0.25) is 0 Å². The molecule has 1 aromatic heterocycles. The van der Waals surface area contributed by atoms with Gasteiger partial charge in [-0.2, -0.15) is 0 Å². The molecule has 6 heteroatoms. The largest absolute Gasteiger partial charge is 0.479 e. The van der Waals surface area contributed by atoms with Gasteiger partial charge in [0, 0.05) is 30.1 Å². The predicted octanol–water partition coefficient (Wildman–Crippen LogP) is 3.45. The SMILES string of the molecule is CC1(C)Oc2ccc3ccc(=O)oc3c2/C(=C/NCCC2=CN[C@@H]3C=CC=C[C@@H]23)C1=O. The van der Waals surface area contributed by atoms with Crippen LogP contribution in [0.3, 0.4) is 0 Å². The van der Waals surface area contributed by atoms with Gasteiger partial charge < -0.3 is 19.8 Å². The number of carbonyl (C=O) groups excluding carboxylic acids is 1. The van der Waals surface area contributed by atoms with E-state index >= 15 is 0 Å². The number of ether oxygens (including phenoxy) is 1. The van der Waals surface area contributed by atoms with Gasteiger partial charge in [0.15, 0.2) is 5.60 Å². The summed E-state index contributed by atoms with van der Waals surface area (Å²) < 4.78 is 11.4. The highest BCUT2D eigenvalue weighted by Crippen LogP contribution is 2.41. The summed E-state index contributed by atoms with van der Waals surface area (Å²) in [5.74, 6) is 0.750. The van der Waals surface area contributed by atoms with Crippen LogP contribution in [0.5, 0.6) is 5.75 Å². The Bertz CT molecular complexity index is 1250. The summed E-state index contributed by atoms with van der Waals surface area (Å²) in [5.41, 5.74) is 1.21. The number of hydrogen-bond acceptors (Lipinski definition) is 6. The summed E-state index contributed by atoms with van der Waals surface area (Å²) in [7, 11) is 0. The summed E-state index contributed by atoms with van der Waals surface area (Å²) in [6, 6.07) is 7.04. The van der Waals surface area contributed by atoms with E-state index in [2.05, 4.69) is 41.1 Å². The first kappa shape index (κ1) is 19.4. The van der Waals surface area contributed by atoms with E-state index in [9.17, 15) is 9.59 Å². The molecule has 3 aliphatic rings.